The monoisotopic (exact) mass is 345 g/mol. The second kappa shape index (κ2) is 7.44. The van der Waals surface area contributed by atoms with Crippen molar-refractivity contribution in [1.82, 2.24) is 9.88 Å². The van der Waals surface area contributed by atoms with Gasteiger partial charge in [-0.3, -0.25) is 9.59 Å². The Morgan fingerprint density at radius 3 is 2.83 bits per heavy atom. The molecule has 0 radical (unpaired) electrons. The van der Waals surface area contributed by atoms with Crippen molar-refractivity contribution in [3.8, 4) is 5.19 Å². The molecule has 1 unspecified atom stereocenters. The highest BCUT2D eigenvalue weighted by Gasteiger charge is 2.28. The van der Waals surface area contributed by atoms with Crippen molar-refractivity contribution >= 4 is 28.8 Å². The molecule has 2 amide bonds. The van der Waals surface area contributed by atoms with Gasteiger partial charge in [0.25, 0.3) is 5.19 Å². The SMILES string of the molecule is CC(=O)Nc1ccc(CC(=O)N2CCC(Oc3nccs3)C2)cc1. The summed E-state index contributed by atoms with van der Waals surface area (Å²) in [5.41, 5.74) is 1.66. The highest BCUT2D eigenvalue weighted by molar-refractivity contribution is 7.11. The van der Waals surface area contributed by atoms with Crippen LogP contribution in [0.15, 0.2) is 35.8 Å². The molecule has 0 spiro atoms. The van der Waals surface area contributed by atoms with Crippen molar-refractivity contribution in [1.29, 1.82) is 0 Å². The summed E-state index contributed by atoms with van der Waals surface area (Å²) in [7, 11) is 0. The number of aromatic nitrogens is 1. The standard InChI is InChI=1S/C17H19N3O3S/c1-12(21)19-14-4-2-13(3-5-14)10-16(22)20-8-6-15(11-20)23-17-18-7-9-24-17/h2-5,7,9,15H,6,8,10-11H2,1H3,(H,19,21). The lowest BCUT2D eigenvalue weighted by molar-refractivity contribution is -0.129. The first kappa shape index (κ1) is 16.4. The fraction of sp³-hybridized carbons (Fsp3) is 0.353. The van der Waals surface area contributed by atoms with Crippen LogP contribution in [0.4, 0.5) is 5.69 Å². The Kier molecular flexibility index (Phi) is 5.10. The van der Waals surface area contributed by atoms with Crippen LogP contribution in [-0.4, -0.2) is 40.9 Å². The molecule has 2 heterocycles. The Morgan fingerprint density at radius 1 is 1.38 bits per heavy atom. The maximum absolute atomic E-state index is 12.4. The van der Waals surface area contributed by atoms with E-state index in [0.29, 0.717) is 24.7 Å². The van der Waals surface area contributed by atoms with Gasteiger partial charge in [-0.25, -0.2) is 4.98 Å². The summed E-state index contributed by atoms with van der Waals surface area (Å²) in [6, 6.07) is 7.34. The van der Waals surface area contributed by atoms with Gasteiger partial charge in [0.15, 0.2) is 0 Å². The zero-order valence-electron chi connectivity index (χ0n) is 13.4. The molecule has 0 bridgehead atoms. The zero-order chi connectivity index (χ0) is 16.9. The number of carbonyl (C=O) groups excluding carboxylic acids is 2. The predicted molar refractivity (Wildman–Crippen MR) is 92.2 cm³/mol. The summed E-state index contributed by atoms with van der Waals surface area (Å²) in [5, 5.41) is 5.24. The molecule has 126 valence electrons. The number of hydrogen-bond donors (Lipinski definition) is 1. The summed E-state index contributed by atoms with van der Waals surface area (Å²) < 4.78 is 5.77. The van der Waals surface area contributed by atoms with E-state index in [1.807, 2.05) is 34.5 Å². The van der Waals surface area contributed by atoms with Crippen LogP contribution in [0.1, 0.15) is 18.9 Å². The maximum atomic E-state index is 12.4. The first-order valence-corrected chi connectivity index (χ1v) is 8.68. The number of rotatable bonds is 5. The van der Waals surface area contributed by atoms with Crippen molar-refractivity contribution in [2.75, 3.05) is 18.4 Å². The Bertz CT molecular complexity index is 700. The highest BCUT2D eigenvalue weighted by Crippen LogP contribution is 2.21. The third-order valence-electron chi connectivity index (χ3n) is 3.80. The molecule has 1 atom stereocenters. The molecular formula is C17H19N3O3S. The largest absolute Gasteiger partial charge is 0.465 e. The number of thiazole rings is 1. The van der Waals surface area contributed by atoms with E-state index in [0.717, 1.165) is 17.7 Å². The predicted octanol–water partition coefficient (Wildman–Crippen LogP) is 2.32. The van der Waals surface area contributed by atoms with Gasteiger partial charge in [0.05, 0.1) is 13.0 Å². The van der Waals surface area contributed by atoms with E-state index in [2.05, 4.69) is 10.3 Å². The van der Waals surface area contributed by atoms with Crippen molar-refractivity contribution in [2.45, 2.75) is 25.9 Å². The van der Waals surface area contributed by atoms with E-state index in [9.17, 15) is 9.59 Å². The summed E-state index contributed by atoms with van der Waals surface area (Å²) in [6.45, 7) is 2.77. The topological polar surface area (TPSA) is 71.5 Å². The highest BCUT2D eigenvalue weighted by atomic mass is 32.1. The molecule has 1 fully saturated rings. The second-order valence-electron chi connectivity index (χ2n) is 5.72. The van der Waals surface area contributed by atoms with Crippen molar-refractivity contribution in [3.05, 3.63) is 41.4 Å². The van der Waals surface area contributed by atoms with E-state index in [4.69, 9.17) is 4.74 Å². The van der Waals surface area contributed by atoms with Gasteiger partial charge >= 0.3 is 0 Å². The number of nitrogens with one attached hydrogen (secondary N) is 1. The number of hydrogen-bond acceptors (Lipinski definition) is 5. The molecule has 1 aliphatic heterocycles. The average Bonchev–Trinajstić information content (AvgIpc) is 3.21. The van der Waals surface area contributed by atoms with Crippen LogP contribution in [-0.2, 0) is 16.0 Å². The van der Waals surface area contributed by atoms with Gasteiger partial charge in [0.1, 0.15) is 6.10 Å². The summed E-state index contributed by atoms with van der Waals surface area (Å²) in [6.07, 6.45) is 2.90. The molecule has 1 aromatic heterocycles. The van der Waals surface area contributed by atoms with Crippen LogP contribution in [0.25, 0.3) is 0 Å². The van der Waals surface area contributed by atoms with E-state index in [-0.39, 0.29) is 17.9 Å². The minimum atomic E-state index is -0.109. The number of nitrogens with zero attached hydrogens (tertiary/aromatic N) is 2. The van der Waals surface area contributed by atoms with Crippen molar-refractivity contribution in [2.24, 2.45) is 0 Å². The maximum Gasteiger partial charge on any atom is 0.273 e. The Morgan fingerprint density at radius 2 is 2.17 bits per heavy atom. The van der Waals surface area contributed by atoms with Crippen LogP contribution in [0.3, 0.4) is 0 Å². The van der Waals surface area contributed by atoms with Crippen LogP contribution < -0.4 is 10.1 Å². The Hall–Kier alpha value is -2.41. The third kappa shape index (κ3) is 4.32. The van der Waals surface area contributed by atoms with E-state index in [1.165, 1.54) is 18.3 Å². The lowest BCUT2D eigenvalue weighted by Gasteiger charge is -2.16. The molecule has 3 rings (SSSR count). The summed E-state index contributed by atoms with van der Waals surface area (Å²) in [4.78, 5) is 29.4. The Balaban J connectivity index is 1.51. The third-order valence-corrected chi connectivity index (χ3v) is 4.47. The number of carbonyl (C=O) groups is 2. The van der Waals surface area contributed by atoms with E-state index >= 15 is 0 Å². The minimum absolute atomic E-state index is 0.0160. The molecule has 6 nitrogen and oxygen atoms in total. The molecule has 0 saturated carbocycles. The lowest BCUT2D eigenvalue weighted by Crippen LogP contribution is -2.32. The Labute approximate surface area is 144 Å². The van der Waals surface area contributed by atoms with Crippen molar-refractivity contribution < 1.29 is 14.3 Å². The van der Waals surface area contributed by atoms with Gasteiger partial charge < -0.3 is 15.0 Å². The fourth-order valence-electron chi connectivity index (χ4n) is 2.66. The quantitative estimate of drug-likeness (QED) is 0.903. The molecule has 7 heteroatoms. The number of likely N-dealkylation sites (tertiary alicyclic amines) is 1. The molecular weight excluding hydrogens is 326 g/mol. The van der Waals surface area contributed by atoms with Gasteiger partial charge in [0.2, 0.25) is 11.8 Å². The number of amides is 2. The van der Waals surface area contributed by atoms with E-state index in [1.54, 1.807) is 6.20 Å². The minimum Gasteiger partial charge on any atom is -0.465 e. The number of benzene rings is 1. The first-order valence-electron chi connectivity index (χ1n) is 7.80. The molecule has 0 aliphatic carbocycles. The number of ether oxygens (including phenoxy) is 1. The van der Waals surface area contributed by atoms with Gasteiger partial charge in [-0.2, -0.15) is 0 Å². The smallest absolute Gasteiger partial charge is 0.273 e. The second-order valence-corrected chi connectivity index (χ2v) is 6.58. The van der Waals surface area contributed by atoms with Crippen LogP contribution in [0.5, 0.6) is 5.19 Å². The van der Waals surface area contributed by atoms with Crippen LogP contribution in [0, 0.1) is 0 Å². The molecule has 1 N–H and O–H groups in total. The zero-order valence-corrected chi connectivity index (χ0v) is 14.2. The van der Waals surface area contributed by atoms with Crippen molar-refractivity contribution in [3.63, 3.8) is 0 Å². The first-order chi connectivity index (χ1) is 11.6. The van der Waals surface area contributed by atoms with Gasteiger partial charge in [-0.1, -0.05) is 23.5 Å². The molecule has 24 heavy (non-hydrogen) atoms. The van der Waals surface area contributed by atoms with Gasteiger partial charge in [-0.15, -0.1) is 0 Å². The molecule has 1 aromatic carbocycles. The molecule has 1 saturated heterocycles. The van der Waals surface area contributed by atoms with Crippen LogP contribution in [0.2, 0.25) is 0 Å². The lowest BCUT2D eigenvalue weighted by atomic mass is 10.1. The normalized spacial score (nSPS) is 16.9. The fourth-order valence-corrected chi connectivity index (χ4v) is 3.21. The van der Waals surface area contributed by atoms with Gasteiger partial charge in [-0.05, 0) is 17.7 Å². The summed E-state index contributed by atoms with van der Waals surface area (Å²) >= 11 is 1.46. The summed E-state index contributed by atoms with van der Waals surface area (Å²) in [5.74, 6) is -0.0188. The van der Waals surface area contributed by atoms with E-state index < -0.39 is 0 Å². The van der Waals surface area contributed by atoms with Gasteiger partial charge in [0, 0.05) is 37.2 Å². The molecule has 1 aliphatic rings. The number of anilines is 1. The molecule has 2 aromatic rings. The average molecular weight is 345 g/mol. The van der Waals surface area contributed by atoms with Crippen LogP contribution >= 0.6 is 11.3 Å².